The van der Waals surface area contributed by atoms with Gasteiger partial charge >= 0.3 is 0 Å². The second-order valence-corrected chi connectivity index (χ2v) is 4.60. The summed E-state index contributed by atoms with van der Waals surface area (Å²) in [5, 5.41) is 6.49. The summed E-state index contributed by atoms with van der Waals surface area (Å²) in [4.78, 5) is 4.32. The Kier molecular flexibility index (Phi) is 3.74. The third-order valence-corrected chi connectivity index (χ3v) is 3.49. The lowest BCUT2D eigenvalue weighted by atomic mass is 10.0. The van der Waals surface area contributed by atoms with Crippen molar-refractivity contribution in [3.05, 3.63) is 40.2 Å². The maximum absolute atomic E-state index is 5.46. The molecule has 16 heavy (non-hydrogen) atoms. The van der Waals surface area contributed by atoms with Crippen molar-refractivity contribution < 1.29 is 4.42 Å². The van der Waals surface area contributed by atoms with Gasteiger partial charge in [0.1, 0.15) is 5.76 Å². The van der Waals surface area contributed by atoms with Gasteiger partial charge in [0.25, 0.3) is 0 Å². The molecule has 0 fully saturated rings. The van der Waals surface area contributed by atoms with Gasteiger partial charge in [0.2, 0.25) is 0 Å². The average Bonchev–Trinajstić information content (AvgIpc) is 2.96. The monoisotopic (exact) mass is 236 g/mol. The lowest BCUT2D eigenvalue weighted by molar-refractivity contribution is 0.495. The van der Waals surface area contributed by atoms with Crippen molar-refractivity contribution in [2.24, 2.45) is 0 Å². The molecule has 2 rings (SSSR count). The van der Waals surface area contributed by atoms with Crippen LogP contribution in [-0.4, -0.2) is 12.0 Å². The van der Waals surface area contributed by atoms with Crippen LogP contribution in [0.3, 0.4) is 0 Å². The van der Waals surface area contributed by atoms with Crippen LogP contribution in [0.15, 0.2) is 28.3 Å². The number of hydrogen-bond donors (Lipinski definition) is 1. The zero-order chi connectivity index (χ0) is 11.4. The van der Waals surface area contributed by atoms with Gasteiger partial charge < -0.3 is 9.73 Å². The maximum atomic E-state index is 5.46. The second-order valence-electron chi connectivity index (χ2n) is 3.62. The van der Waals surface area contributed by atoms with E-state index in [9.17, 15) is 0 Å². The normalized spacial score (nSPS) is 12.9. The molecule has 1 N–H and O–H groups in total. The predicted molar refractivity (Wildman–Crippen MR) is 65.7 cm³/mol. The number of aromatic nitrogens is 1. The fraction of sp³-hybridized carbons (Fsp3) is 0.417. The molecule has 1 unspecified atom stereocenters. The van der Waals surface area contributed by atoms with Crippen LogP contribution in [0.4, 0.5) is 0 Å². The standard InChI is InChI=1S/C12H16N2OS/c1-3-11-9(4-6-15-11)10(13-2)8-12-14-5-7-16-12/h4-7,10,13H,3,8H2,1-2H3. The summed E-state index contributed by atoms with van der Waals surface area (Å²) in [7, 11) is 1.98. The van der Waals surface area contributed by atoms with Gasteiger partial charge in [-0.25, -0.2) is 4.98 Å². The maximum Gasteiger partial charge on any atom is 0.108 e. The summed E-state index contributed by atoms with van der Waals surface area (Å²) < 4.78 is 5.46. The Morgan fingerprint density at radius 2 is 2.44 bits per heavy atom. The molecule has 4 heteroatoms. The molecule has 2 heterocycles. The number of furan rings is 1. The van der Waals surface area contributed by atoms with Gasteiger partial charge in [0.05, 0.1) is 11.3 Å². The number of thiazole rings is 1. The predicted octanol–water partition coefficient (Wildman–Crippen LogP) is 2.80. The molecule has 0 radical (unpaired) electrons. The first-order valence-corrected chi connectivity index (χ1v) is 6.35. The van der Waals surface area contributed by atoms with E-state index >= 15 is 0 Å². The third kappa shape index (κ3) is 2.33. The van der Waals surface area contributed by atoms with Crippen LogP contribution in [0.2, 0.25) is 0 Å². The molecule has 0 aliphatic rings. The van der Waals surface area contributed by atoms with E-state index in [1.807, 2.05) is 24.7 Å². The van der Waals surface area contributed by atoms with E-state index in [1.165, 1.54) is 5.56 Å². The van der Waals surface area contributed by atoms with Crippen molar-refractivity contribution in [1.29, 1.82) is 0 Å². The molecule has 0 aliphatic carbocycles. The van der Waals surface area contributed by atoms with E-state index < -0.39 is 0 Å². The molecule has 2 aromatic heterocycles. The zero-order valence-corrected chi connectivity index (χ0v) is 10.4. The van der Waals surface area contributed by atoms with Crippen LogP contribution in [-0.2, 0) is 12.8 Å². The van der Waals surface area contributed by atoms with Crippen LogP contribution in [0, 0.1) is 0 Å². The molecule has 0 spiro atoms. The molecule has 3 nitrogen and oxygen atoms in total. The minimum absolute atomic E-state index is 0.292. The number of aryl methyl sites for hydroxylation is 1. The number of likely N-dealkylation sites (N-methyl/N-ethyl adjacent to an activating group) is 1. The minimum atomic E-state index is 0.292. The Labute approximate surface area is 99.5 Å². The molecule has 1 atom stereocenters. The van der Waals surface area contributed by atoms with Crippen molar-refractivity contribution in [3.63, 3.8) is 0 Å². The van der Waals surface area contributed by atoms with Gasteiger partial charge in [-0.15, -0.1) is 11.3 Å². The summed E-state index contributed by atoms with van der Waals surface area (Å²) in [5.74, 6) is 1.07. The van der Waals surface area contributed by atoms with Crippen LogP contribution in [0.1, 0.15) is 29.3 Å². The SMILES string of the molecule is CCc1occc1C(Cc1nccs1)NC. The number of nitrogens with one attached hydrogen (secondary N) is 1. The van der Waals surface area contributed by atoms with E-state index in [-0.39, 0.29) is 0 Å². The van der Waals surface area contributed by atoms with Crippen LogP contribution in [0.5, 0.6) is 0 Å². The number of nitrogens with zero attached hydrogens (tertiary/aromatic N) is 1. The van der Waals surface area contributed by atoms with Gasteiger partial charge in [-0.1, -0.05) is 6.92 Å². The Bertz CT molecular complexity index is 422. The van der Waals surface area contributed by atoms with Crippen molar-refractivity contribution in [2.75, 3.05) is 7.05 Å². The number of rotatable bonds is 5. The van der Waals surface area contributed by atoms with Gasteiger partial charge in [-0.3, -0.25) is 0 Å². The quantitative estimate of drug-likeness (QED) is 0.867. The summed E-state index contributed by atoms with van der Waals surface area (Å²) in [6.07, 6.45) is 5.46. The van der Waals surface area contributed by atoms with Crippen molar-refractivity contribution >= 4 is 11.3 Å². The summed E-state index contributed by atoms with van der Waals surface area (Å²) >= 11 is 1.70. The highest BCUT2D eigenvalue weighted by molar-refractivity contribution is 7.09. The fourth-order valence-electron chi connectivity index (χ4n) is 1.84. The molecule has 0 saturated carbocycles. The minimum Gasteiger partial charge on any atom is -0.469 e. The second kappa shape index (κ2) is 5.27. The first kappa shape index (κ1) is 11.4. The Morgan fingerprint density at radius 1 is 1.56 bits per heavy atom. The lowest BCUT2D eigenvalue weighted by Crippen LogP contribution is -2.19. The van der Waals surface area contributed by atoms with E-state index in [0.717, 1.165) is 23.6 Å². The van der Waals surface area contributed by atoms with E-state index in [2.05, 4.69) is 17.2 Å². The zero-order valence-electron chi connectivity index (χ0n) is 9.56. The fourth-order valence-corrected chi connectivity index (χ4v) is 2.51. The highest BCUT2D eigenvalue weighted by Crippen LogP contribution is 2.24. The molecule has 0 saturated heterocycles. The van der Waals surface area contributed by atoms with Gasteiger partial charge in [0, 0.05) is 36.0 Å². The molecular weight excluding hydrogens is 220 g/mol. The van der Waals surface area contributed by atoms with E-state index in [0.29, 0.717) is 6.04 Å². The Balaban J connectivity index is 2.16. The smallest absolute Gasteiger partial charge is 0.108 e. The molecule has 2 aromatic rings. The third-order valence-electron chi connectivity index (χ3n) is 2.69. The van der Waals surface area contributed by atoms with Gasteiger partial charge in [-0.2, -0.15) is 0 Å². The summed E-state index contributed by atoms with van der Waals surface area (Å²) in [6, 6.07) is 2.34. The largest absolute Gasteiger partial charge is 0.469 e. The lowest BCUT2D eigenvalue weighted by Gasteiger charge is -2.14. The first-order chi connectivity index (χ1) is 7.85. The Morgan fingerprint density at radius 3 is 3.06 bits per heavy atom. The van der Waals surface area contributed by atoms with Gasteiger partial charge in [-0.05, 0) is 13.1 Å². The van der Waals surface area contributed by atoms with Crippen molar-refractivity contribution in [2.45, 2.75) is 25.8 Å². The molecule has 0 amide bonds. The van der Waals surface area contributed by atoms with Gasteiger partial charge in [0.15, 0.2) is 0 Å². The van der Waals surface area contributed by atoms with E-state index in [1.54, 1.807) is 17.6 Å². The molecule has 0 aromatic carbocycles. The topological polar surface area (TPSA) is 38.1 Å². The molecule has 86 valence electrons. The molecule has 0 aliphatic heterocycles. The first-order valence-electron chi connectivity index (χ1n) is 5.47. The van der Waals surface area contributed by atoms with Crippen LogP contribution in [0.25, 0.3) is 0 Å². The molecule has 0 bridgehead atoms. The van der Waals surface area contributed by atoms with E-state index in [4.69, 9.17) is 4.42 Å². The average molecular weight is 236 g/mol. The molecular formula is C12H16N2OS. The summed E-state index contributed by atoms with van der Waals surface area (Å²) in [5.41, 5.74) is 1.25. The van der Waals surface area contributed by atoms with Crippen LogP contribution < -0.4 is 5.32 Å². The number of hydrogen-bond acceptors (Lipinski definition) is 4. The van der Waals surface area contributed by atoms with Crippen molar-refractivity contribution in [3.8, 4) is 0 Å². The highest BCUT2D eigenvalue weighted by atomic mass is 32.1. The Hall–Kier alpha value is -1.13. The van der Waals surface area contributed by atoms with Crippen molar-refractivity contribution in [1.82, 2.24) is 10.3 Å². The van der Waals surface area contributed by atoms with Crippen LogP contribution >= 0.6 is 11.3 Å². The highest BCUT2D eigenvalue weighted by Gasteiger charge is 2.16. The summed E-state index contributed by atoms with van der Waals surface area (Å²) in [6.45, 7) is 2.11.